The van der Waals surface area contributed by atoms with Gasteiger partial charge in [-0.25, -0.2) is 0 Å². The summed E-state index contributed by atoms with van der Waals surface area (Å²) in [6, 6.07) is 11.5. The van der Waals surface area contributed by atoms with Gasteiger partial charge in [0.2, 0.25) is 0 Å². The molecule has 1 atom stereocenters. The molecule has 0 radical (unpaired) electrons. The van der Waals surface area contributed by atoms with Gasteiger partial charge in [0.25, 0.3) is 5.89 Å². The average Bonchev–Trinajstić information content (AvgIpc) is 3.53. The summed E-state index contributed by atoms with van der Waals surface area (Å²) in [7, 11) is 0. The number of thiophene rings is 1. The Hall–Kier alpha value is -3.11. The van der Waals surface area contributed by atoms with Crippen LogP contribution in [0.15, 0.2) is 64.1 Å². The van der Waals surface area contributed by atoms with Crippen molar-refractivity contribution in [2.75, 3.05) is 6.61 Å². The van der Waals surface area contributed by atoms with Gasteiger partial charge in [-0.15, -0.1) is 28.1 Å². The molecule has 0 fully saturated rings. The van der Waals surface area contributed by atoms with Gasteiger partial charge in [-0.2, -0.15) is 4.98 Å². The summed E-state index contributed by atoms with van der Waals surface area (Å²) in [6.07, 6.45) is 1.45. The van der Waals surface area contributed by atoms with E-state index in [-0.39, 0.29) is 6.10 Å². The molecular formula is C20H17N5O3S2. The number of nitrogens with zero attached hydrogens (tertiary/aromatic N) is 5. The lowest BCUT2D eigenvalue weighted by atomic mass is 10.2. The Kier molecular flexibility index (Phi) is 5.24. The third kappa shape index (κ3) is 3.71. The van der Waals surface area contributed by atoms with Crippen LogP contribution in [-0.4, -0.2) is 31.5 Å². The van der Waals surface area contributed by atoms with Crippen LogP contribution in [0.5, 0.6) is 11.5 Å². The van der Waals surface area contributed by atoms with E-state index in [2.05, 4.69) is 26.9 Å². The highest BCUT2D eigenvalue weighted by Gasteiger charge is 2.28. The zero-order valence-electron chi connectivity index (χ0n) is 15.8. The molecule has 1 aromatic carbocycles. The van der Waals surface area contributed by atoms with Gasteiger partial charge in [0.1, 0.15) is 6.61 Å². The van der Waals surface area contributed by atoms with E-state index in [1.807, 2.05) is 46.3 Å². The standard InChI is InChI=1S/C20H17N5O3S2/c1-2-9-25-18(15-11-26-13-6-3-4-7-14(13)27-15)22-23-20(25)30-12-17-21-19(28-24-17)16-8-5-10-29-16/h2-8,10,15H,1,9,11-12H2. The van der Waals surface area contributed by atoms with Gasteiger partial charge in [0, 0.05) is 6.54 Å². The van der Waals surface area contributed by atoms with Crippen LogP contribution in [-0.2, 0) is 12.3 Å². The van der Waals surface area contributed by atoms with Gasteiger partial charge >= 0.3 is 0 Å². The lowest BCUT2D eigenvalue weighted by molar-refractivity contribution is 0.0821. The second kappa shape index (κ2) is 8.33. The molecule has 8 nitrogen and oxygen atoms in total. The minimum atomic E-state index is -0.350. The quantitative estimate of drug-likeness (QED) is 0.310. The van der Waals surface area contributed by atoms with Crippen molar-refractivity contribution in [1.29, 1.82) is 0 Å². The first-order valence-corrected chi connectivity index (χ1v) is 11.1. The van der Waals surface area contributed by atoms with Crippen LogP contribution >= 0.6 is 23.1 Å². The topological polar surface area (TPSA) is 88.1 Å². The molecule has 1 aliphatic rings. The maximum atomic E-state index is 6.10. The number of ether oxygens (including phenoxy) is 2. The maximum Gasteiger partial charge on any atom is 0.268 e. The van der Waals surface area contributed by atoms with Gasteiger partial charge in [-0.05, 0) is 23.6 Å². The molecule has 0 saturated heterocycles. The smallest absolute Gasteiger partial charge is 0.268 e. The van der Waals surface area contributed by atoms with Gasteiger partial charge in [0.05, 0.1) is 10.6 Å². The van der Waals surface area contributed by atoms with Gasteiger partial charge in [0.15, 0.2) is 34.4 Å². The number of aromatic nitrogens is 5. The van der Waals surface area contributed by atoms with E-state index >= 15 is 0 Å². The van der Waals surface area contributed by atoms with Crippen molar-refractivity contribution in [3.63, 3.8) is 0 Å². The van der Waals surface area contributed by atoms with Crippen molar-refractivity contribution in [2.24, 2.45) is 0 Å². The third-order valence-electron chi connectivity index (χ3n) is 4.38. The largest absolute Gasteiger partial charge is 0.485 e. The molecule has 0 spiro atoms. The second-order valence-electron chi connectivity index (χ2n) is 6.39. The van der Waals surface area contributed by atoms with Crippen LogP contribution in [0.25, 0.3) is 10.8 Å². The molecule has 4 heterocycles. The van der Waals surface area contributed by atoms with Gasteiger partial charge in [-0.1, -0.05) is 41.2 Å². The lowest BCUT2D eigenvalue weighted by Gasteiger charge is -2.26. The van der Waals surface area contributed by atoms with Crippen molar-refractivity contribution in [1.82, 2.24) is 24.9 Å². The molecule has 1 unspecified atom stereocenters. The zero-order chi connectivity index (χ0) is 20.3. The van der Waals surface area contributed by atoms with E-state index in [9.17, 15) is 0 Å². The number of hydrogen-bond donors (Lipinski definition) is 0. The third-order valence-corrected chi connectivity index (χ3v) is 6.20. The number of thioether (sulfide) groups is 1. The molecule has 5 rings (SSSR count). The molecule has 30 heavy (non-hydrogen) atoms. The summed E-state index contributed by atoms with van der Waals surface area (Å²) in [5, 5.41) is 15.5. The Labute approximate surface area is 180 Å². The highest BCUT2D eigenvalue weighted by Crippen LogP contribution is 2.36. The Morgan fingerprint density at radius 2 is 2.10 bits per heavy atom. The molecule has 0 amide bonds. The Morgan fingerprint density at radius 3 is 2.93 bits per heavy atom. The fourth-order valence-electron chi connectivity index (χ4n) is 3.03. The van der Waals surface area contributed by atoms with Crippen molar-refractivity contribution in [3.05, 3.63) is 66.1 Å². The Balaban J connectivity index is 1.33. The first kappa shape index (κ1) is 18.9. The Bertz CT molecular complexity index is 1160. The summed E-state index contributed by atoms with van der Waals surface area (Å²) >= 11 is 3.05. The first-order valence-electron chi connectivity index (χ1n) is 9.23. The number of para-hydroxylation sites is 2. The number of benzene rings is 1. The SMILES string of the molecule is C=CCn1c(SCc2noc(-c3cccs3)n2)nnc1C1COc2ccccc2O1. The summed E-state index contributed by atoms with van der Waals surface area (Å²) in [5.41, 5.74) is 0. The molecule has 4 aromatic rings. The van der Waals surface area contributed by atoms with E-state index in [0.717, 1.165) is 15.8 Å². The maximum absolute atomic E-state index is 6.10. The summed E-state index contributed by atoms with van der Waals surface area (Å²) in [4.78, 5) is 5.40. The molecule has 1 aliphatic heterocycles. The van der Waals surface area contributed by atoms with Gasteiger partial charge in [-0.3, -0.25) is 4.57 Å². The van der Waals surface area contributed by atoms with Crippen LogP contribution in [0.1, 0.15) is 17.8 Å². The Morgan fingerprint density at radius 1 is 1.20 bits per heavy atom. The highest BCUT2D eigenvalue weighted by atomic mass is 32.2. The van der Waals surface area contributed by atoms with Crippen LogP contribution in [0.3, 0.4) is 0 Å². The average molecular weight is 440 g/mol. The summed E-state index contributed by atoms with van der Waals surface area (Å²) < 4.78 is 19.2. The normalized spacial score (nSPS) is 15.3. The fraction of sp³-hybridized carbons (Fsp3) is 0.200. The molecule has 10 heteroatoms. The molecule has 3 aromatic heterocycles. The molecular weight excluding hydrogens is 422 g/mol. The minimum absolute atomic E-state index is 0.350. The number of hydrogen-bond acceptors (Lipinski definition) is 9. The van der Waals surface area contributed by atoms with Gasteiger partial charge < -0.3 is 14.0 Å². The van der Waals surface area contributed by atoms with Crippen molar-refractivity contribution < 1.29 is 14.0 Å². The monoisotopic (exact) mass is 439 g/mol. The lowest BCUT2D eigenvalue weighted by Crippen LogP contribution is -2.25. The molecule has 0 aliphatic carbocycles. The second-order valence-corrected chi connectivity index (χ2v) is 8.28. The van der Waals surface area contributed by atoms with Crippen molar-refractivity contribution >= 4 is 23.1 Å². The van der Waals surface area contributed by atoms with E-state index in [4.69, 9.17) is 14.0 Å². The van der Waals surface area contributed by atoms with Crippen molar-refractivity contribution in [2.45, 2.75) is 23.6 Å². The van der Waals surface area contributed by atoms with E-state index in [1.54, 1.807) is 17.4 Å². The first-order chi connectivity index (χ1) is 14.8. The van der Waals surface area contributed by atoms with Crippen molar-refractivity contribution in [3.8, 4) is 22.3 Å². The summed E-state index contributed by atoms with van der Waals surface area (Å²) in [5.74, 6) is 3.76. The molecule has 0 saturated carbocycles. The highest BCUT2D eigenvalue weighted by molar-refractivity contribution is 7.98. The molecule has 0 bridgehead atoms. The van der Waals surface area contributed by atoms with E-state index in [1.165, 1.54) is 11.8 Å². The summed E-state index contributed by atoms with van der Waals surface area (Å²) in [6.45, 7) is 4.77. The molecule has 0 N–H and O–H groups in total. The molecule has 152 valence electrons. The number of allylic oxidation sites excluding steroid dienone is 1. The minimum Gasteiger partial charge on any atom is -0.485 e. The number of rotatable bonds is 7. The predicted molar refractivity (Wildman–Crippen MR) is 113 cm³/mol. The predicted octanol–water partition coefficient (Wildman–Crippen LogP) is 4.38. The fourth-order valence-corrected chi connectivity index (χ4v) is 4.48. The van der Waals surface area contributed by atoms with E-state index in [0.29, 0.717) is 42.2 Å². The van der Waals surface area contributed by atoms with Crippen LogP contribution in [0.2, 0.25) is 0 Å². The number of fused-ring (bicyclic) bond motifs is 1. The zero-order valence-corrected chi connectivity index (χ0v) is 17.4. The van der Waals surface area contributed by atoms with Crippen LogP contribution in [0, 0.1) is 0 Å². The van der Waals surface area contributed by atoms with Crippen LogP contribution in [0.4, 0.5) is 0 Å². The van der Waals surface area contributed by atoms with E-state index < -0.39 is 0 Å². The van der Waals surface area contributed by atoms with Crippen LogP contribution < -0.4 is 9.47 Å².